The number of aromatic nitrogens is 3. The SMILES string of the molecule is C=CC(=O)Nc1ccc(C(=O)N[C@H]2CCC[C@@H](Nc3ncc(Cl)c(-c4cccc5c#cccc45)n3)C2)nc1. The summed E-state index contributed by atoms with van der Waals surface area (Å²) < 4.78 is 0. The van der Waals surface area contributed by atoms with Crippen LogP contribution in [0.15, 0.2) is 67.5 Å². The number of halogens is 1. The van der Waals surface area contributed by atoms with Gasteiger partial charge in [-0.1, -0.05) is 42.4 Å². The van der Waals surface area contributed by atoms with Crippen molar-refractivity contribution in [2.24, 2.45) is 0 Å². The molecule has 1 fully saturated rings. The lowest BCUT2D eigenvalue weighted by atomic mass is 9.91. The standard InChI is InChI=1S/C29H25ClN6O2/c1-2-26(37)33-21-13-14-25(31-16-21)28(38)34-19-9-6-10-20(15-19)35-29-32-17-24(30)27(36-29)23-12-5-8-18-7-3-4-11-22(18)23/h2,4-5,8,11-14,16-17,19-20H,1,6,9-10,15H2,(H,33,37)(H,34,38)(H,32,35,36)/t19-,20+/m0/s1. The number of hydrogen-bond acceptors (Lipinski definition) is 6. The second-order valence-corrected chi connectivity index (χ2v) is 9.47. The molecule has 0 bridgehead atoms. The van der Waals surface area contributed by atoms with E-state index in [1.165, 1.54) is 12.3 Å². The summed E-state index contributed by atoms with van der Waals surface area (Å²) in [5.74, 6) is -0.105. The number of carbonyl (C=O) groups is 2. The molecular formula is C29H25ClN6O2. The zero-order chi connectivity index (χ0) is 26.5. The molecule has 2 aromatic heterocycles. The maximum Gasteiger partial charge on any atom is 0.270 e. The highest BCUT2D eigenvalue weighted by atomic mass is 35.5. The van der Waals surface area contributed by atoms with Crippen molar-refractivity contribution in [1.82, 2.24) is 20.3 Å². The van der Waals surface area contributed by atoms with Crippen LogP contribution in [-0.2, 0) is 4.79 Å². The molecule has 0 aliphatic heterocycles. The molecule has 38 heavy (non-hydrogen) atoms. The summed E-state index contributed by atoms with van der Waals surface area (Å²) in [5, 5.41) is 11.5. The predicted molar refractivity (Wildman–Crippen MR) is 148 cm³/mol. The van der Waals surface area contributed by atoms with Crippen LogP contribution < -0.4 is 16.0 Å². The van der Waals surface area contributed by atoms with Gasteiger partial charge in [-0.15, -0.1) is 0 Å². The first-order valence-corrected chi connectivity index (χ1v) is 12.7. The number of benzene rings is 1. The predicted octanol–water partition coefficient (Wildman–Crippen LogP) is 5.22. The summed E-state index contributed by atoms with van der Waals surface area (Å²) in [6.07, 6.45) is 7.70. The first kappa shape index (κ1) is 25.2. The Labute approximate surface area is 225 Å². The Morgan fingerprint density at radius 2 is 1.95 bits per heavy atom. The molecule has 0 saturated heterocycles. The van der Waals surface area contributed by atoms with Crippen molar-refractivity contribution < 1.29 is 9.59 Å². The van der Waals surface area contributed by atoms with Gasteiger partial charge in [0.2, 0.25) is 11.9 Å². The quantitative estimate of drug-likeness (QED) is 0.286. The van der Waals surface area contributed by atoms with Crippen molar-refractivity contribution in [2.45, 2.75) is 37.8 Å². The molecule has 4 aromatic rings. The highest BCUT2D eigenvalue weighted by Gasteiger charge is 2.25. The van der Waals surface area contributed by atoms with E-state index in [0.717, 1.165) is 42.0 Å². The molecule has 2 amide bonds. The van der Waals surface area contributed by atoms with E-state index in [4.69, 9.17) is 16.6 Å². The summed E-state index contributed by atoms with van der Waals surface area (Å²) in [7, 11) is 0. The topological polar surface area (TPSA) is 109 Å². The Balaban J connectivity index is 1.25. The minimum Gasteiger partial charge on any atom is -0.351 e. The lowest BCUT2D eigenvalue weighted by Gasteiger charge is -2.30. The smallest absolute Gasteiger partial charge is 0.270 e. The van der Waals surface area contributed by atoms with Crippen molar-refractivity contribution in [3.8, 4) is 11.3 Å². The van der Waals surface area contributed by atoms with E-state index in [1.807, 2.05) is 30.3 Å². The van der Waals surface area contributed by atoms with Gasteiger partial charge in [0.05, 0.1) is 28.8 Å². The minimum absolute atomic E-state index is 0.0210. The van der Waals surface area contributed by atoms with Crippen LogP contribution in [0.5, 0.6) is 0 Å². The number of nitrogens with one attached hydrogen (secondary N) is 3. The van der Waals surface area contributed by atoms with Crippen LogP contribution in [0.2, 0.25) is 5.02 Å². The molecule has 1 saturated carbocycles. The molecule has 190 valence electrons. The molecule has 0 spiro atoms. The number of anilines is 2. The molecule has 1 aliphatic carbocycles. The number of rotatable bonds is 7. The Bertz CT molecular complexity index is 1490. The number of amides is 2. The third kappa shape index (κ3) is 5.74. The molecule has 1 aliphatic rings. The molecular weight excluding hydrogens is 500 g/mol. The van der Waals surface area contributed by atoms with Gasteiger partial charge in [-0.3, -0.25) is 9.59 Å². The highest BCUT2D eigenvalue weighted by Crippen LogP contribution is 2.32. The lowest BCUT2D eigenvalue weighted by molar-refractivity contribution is -0.111. The molecule has 0 radical (unpaired) electrons. The average Bonchev–Trinajstić information content (AvgIpc) is 2.94. The van der Waals surface area contributed by atoms with Crippen LogP contribution in [0.4, 0.5) is 11.6 Å². The van der Waals surface area contributed by atoms with Gasteiger partial charge >= 0.3 is 0 Å². The van der Waals surface area contributed by atoms with E-state index in [1.54, 1.807) is 18.3 Å². The zero-order valence-electron chi connectivity index (χ0n) is 20.5. The lowest BCUT2D eigenvalue weighted by Crippen LogP contribution is -2.42. The maximum absolute atomic E-state index is 12.8. The van der Waals surface area contributed by atoms with Crippen LogP contribution in [0.3, 0.4) is 0 Å². The Morgan fingerprint density at radius 1 is 1.08 bits per heavy atom. The van der Waals surface area contributed by atoms with Gasteiger partial charge in [-0.2, -0.15) is 0 Å². The summed E-state index contributed by atoms with van der Waals surface area (Å²) in [6, 6.07) is 19.1. The van der Waals surface area contributed by atoms with Gasteiger partial charge in [0.1, 0.15) is 5.69 Å². The third-order valence-corrected chi connectivity index (χ3v) is 6.71. The van der Waals surface area contributed by atoms with Gasteiger partial charge in [-0.25, -0.2) is 15.0 Å². The average molecular weight is 525 g/mol. The van der Waals surface area contributed by atoms with Crippen molar-refractivity contribution in [3.63, 3.8) is 0 Å². The third-order valence-electron chi connectivity index (χ3n) is 6.44. The first-order chi connectivity index (χ1) is 18.5. The van der Waals surface area contributed by atoms with E-state index < -0.39 is 0 Å². The van der Waals surface area contributed by atoms with Crippen molar-refractivity contribution >= 4 is 45.8 Å². The van der Waals surface area contributed by atoms with E-state index in [0.29, 0.717) is 22.4 Å². The number of nitrogens with zero attached hydrogens (tertiary/aromatic N) is 3. The van der Waals surface area contributed by atoms with E-state index >= 15 is 0 Å². The van der Waals surface area contributed by atoms with E-state index in [9.17, 15) is 9.59 Å². The van der Waals surface area contributed by atoms with Crippen LogP contribution in [0.25, 0.3) is 22.0 Å². The summed E-state index contributed by atoms with van der Waals surface area (Å²) >= 11 is 6.51. The molecule has 3 N–H and O–H groups in total. The Kier molecular flexibility index (Phi) is 7.47. The van der Waals surface area contributed by atoms with Crippen LogP contribution >= 0.6 is 11.6 Å². The van der Waals surface area contributed by atoms with Crippen molar-refractivity contribution in [1.29, 1.82) is 0 Å². The molecule has 0 unspecified atom stereocenters. The van der Waals surface area contributed by atoms with Gasteiger partial charge < -0.3 is 16.0 Å². The van der Waals surface area contributed by atoms with Gasteiger partial charge in [-0.05, 0) is 62.1 Å². The second-order valence-electron chi connectivity index (χ2n) is 9.06. The van der Waals surface area contributed by atoms with Crippen LogP contribution in [0, 0.1) is 12.1 Å². The van der Waals surface area contributed by atoms with Crippen molar-refractivity contribution in [2.75, 3.05) is 10.6 Å². The minimum atomic E-state index is -0.337. The number of hydrogen-bond donors (Lipinski definition) is 3. The van der Waals surface area contributed by atoms with Crippen LogP contribution in [0.1, 0.15) is 36.2 Å². The molecule has 8 nitrogen and oxygen atoms in total. The zero-order valence-corrected chi connectivity index (χ0v) is 21.3. The van der Waals surface area contributed by atoms with E-state index in [2.05, 4.69) is 44.6 Å². The number of fused-ring (bicyclic) bond motifs is 1. The van der Waals surface area contributed by atoms with E-state index in [-0.39, 0.29) is 29.6 Å². The normalized spacial score (nSPS) is 16.8. The fourth-order valence-electron chi connectivity index (χ4n) is 4.62. The maximum atomic E-state index is 12.8. The monoisotopic (exact) mass is 524 g/mol. The second kappa shape index (κ2) is 11.3. The van der Waals surface area contributed by atoms with Gasteiger partial charge in [0.25, 0.3) is 5.91 Å². The largest absolute Gasteiger partial charge is 0.351 e. The highest BCUT2D eigenvalue weighted by molar-refractivity contribution is 6.33. The van der Waals surface area contributed by atoms with Gasteiger partial charge in [0, 0.05) is 28.4 Å². The molecule has 2 atom stereocenters. The molecule has 9 heteroatoms. The number of carbonyl (C=O) groups excluding carboxylic acids is 2. The summed E-state index contributed by atoms with van der Waals surface area (Å²) in [6.45, 7) is 3.42. The first-order valence-electron chi connectivity index (χ1n) is 12.3. The van der Waals surface area contributed by atoms with Crippen molar-refractivity contribution in [3.05, 3.63) is 90.4 Å². The molecule has 5 rings (SSSR count). The Morgan fingerprint density at radius 3 is 2.76 bits per heavy atom. The summed E-state index contributed by atoms with van der Waals surface area (Å²) in [4.78, 5) is 37.5. The fourth-order valence-corrected chi connectivity index (χ4v) is 4.81. The summed E-state index contributed by atoms with van der Waals surface area (Å²) in [5.41, 5.74) is 2.33. The van der Waals surface area contributed by atoms with Crippen LogP contribution in [-0.4, -0.2) is 38.8 Å². The van der Waals surface area contributed by atoms with Gasteiger partial charge in [0.15, 0.2) is 0 Å². The fraction of sp³-hybridized carbons (Fsp3) is 0.207. The number of pyridine rings is 1. The molecule has 2 heterocycles. The molecule has 2 aromatic carbocycles. The Hall–Kier alpha value is -4.48.